The lowest BCUT2D eigenvalue weighted by Gasteiger charge is -2.15. The second-order valence-electron chi connectivity index (χ2n) is 4.44. The first-order chi connectivity index (χ1) is 9.99. The normalized spacial score (nSPS) is 13.7. The number of rotatable bonds is 3. The van der Waals surface area contributed by atoms with Crippen molar-refractivity contribution in [2.75, 3.05) is 4.90 Å². The van der Waals surface area contributed by atoms with E-state index in [1.54, 1.807) is 0 Å². The van der Waals surface area contributed by atoms with E-state index >= 15 is 0 Å². The number of benzene rings is 1. The molecule has 106 valence electrons. The molecular formula is C14H8FNO5. The monoisotopic (exact) mass is 289 g/mol. The summed E-state index contributed by atoms with van der Waals surface area (Å²) in [5, 5.41) is 9.00. The molecule has 1 N–H and O–H groups in total. The van der Waals surface area contributed by atoms with E-state index in [0.29, 0.717) is 0 Å². The van der Waals surface area contributed by atoms with Crippen LogP contribution in [-0.4, -0.2) is 22.8 Å². The summed E-state index contributed by atoms with van der Waals surface area (Å²) < 4.78 is 18.3. The highest BCUT2D eigenvalue weighted by molar-refractivity contribution is 6.52. The van der Waals surface area contributed by atoms with Crippen LogP contribution in [0.15, 0.2) is 34.9 Å². The van der Waals surface area contributed by atoms with Crippen LogP contribution in [0.1, 0.15) is 26.5 Å². The molecule has 1 amide bonds. The lowest BCUT2D eigenvalue weighted by atomic mass is 10.1. The second-order valence-corrected chi connectivity index (χ2v) is 4.44. The van der Waals surface area contributed by atoms with Gasteiger partial charge in [-0.05, 0) is 24.3 Å². The molecule has 0 spiro atoms. The molecule has 2 heterocycles. The van der Waals surface area contributed by atoms with Crippen molar-refractivity contribution in [3.05, 3.63) is 53.2 Å². The standard InChI is InChI=1S/C14H8FNO5/c15-7-1-2-8-10(5-7)16(13(18)12(8)17)6-11-9(14(19)20)3-4-21-11/h1-5H,6H2,(H,19,20). The number of carboxylic acids is 1. The van der Waals surface area contributed by atoms with E-state index in [1.165, 1.54) is 18.4 Å². The van der Waals surface area contributed by atoms with E-state index in [4.69, 9.17) is 9.52 Å². The summed E-state index contributed by atoms with van der Waals surface area (Å²) >= 11 is 0. The van der Waals surface area contributed by atoms with Gasteiger partial charge >= 0.3 is 5.97 Å². The van der Waals surface area contributed by atoms with Crippen LogP contribution in [0.5, 0.6) is 0 Å². The zero-order valence-corrected chi connectivity index (χ0v) is 10.5. The van der Waals surface area contributed by atoms with Gasteiger partial charge in [0.05, 0.1) is 24.1 Å². The fourth-order valence-electron chi connectivity index (χ4n) is 2.22. The summed E-state index contributed by atoms with van der Waals surface area (Å²) in [6.45, 7) is -0.254. The van der Waals surface area contributed by atoms with Crippen molar-refractivity contribution in [3.63, 3.8) is 0 Å². The lowest BCUT2D eigenvalue weighted by Crippen LogP contribution is -2.29. The van der Waals surface area contributed by atoms with Crippen LogP contribution in [0.3, 0.4) is 0 Å². The van der Waals surface area contributed by atoms with Gasteiger partial charge in [0.2, 0.25) is 0 Å². The maximum atomic E-state index is 13.3. The molecule has 0 saturated carbocycles. The Morgan fingerprint density at radius 2 is 2.05 bits per heavy atom. The number of hydrogen-bond acceptors (Lipinski definition) is 4. The van der Waals surface area contributed by atoms with Gasteiger partial charge < -0.3 is 9.52 Å². The molecule has 1 aliphatic heterocycles. The van der Waals surface area contributed by atoms with Crippen LogP contribution < -0.4 is 4.90 Å². The predicted molar refractivity (Wildman–Crippen MR) is 67.6 cm³/mol. The minimum atomic E-state index is -1.21. The number of anilines is 1. The molecule has 7 heteroatoms. The fourth-order valence-corrected chi connectivity index (χ4v) is 2.22. The van der Waals surface area contributed by atoms with Crippen LogP contribution >= 0.6 is 0 Å². The lowest BCUT2D eigenvalue weighted by molar-refractivity contribution is -0.114. The van der Waals surface area contributed by atoms with Gasteiger partial charge in [-0.15, -0.1) is 0 Å². The highest BCUT2D eigenvalue weighted by atomic mass is 19.1. The number of carbonyl (C=O) groups excluding carboxylic acids is 2. The summed E-state index contributed by atoms with van der Waals surface area (Å²) in [6, 6.07) is 4.61. The number of aromatic carboxylic acids is 1. The van der Waals surface area contributed by atoms with Gasteiger partial charge in [-0.3, -0.25) is 14.5 Å². The predicted octanol–water partition coefficient (Wildman–Crippen LogP) is 1.85. The van der Waals surface area contributed by atoms with Gasteiger partial charge in [0.1, 0.15) is 17.1 Å². The van der Waals surface area contributed by atoms with E-state index in [1.807, 2.05) is 0 Å². The van der Waals surface area contributed by atoms with Crippen molar-refractivity contribution in [2.45, 2.75) is 6.54 Å². The van der Waals surface area contributed by atoms with Crippen molar-refractivity contribution < 1.29 is 28.3 Å². The van der Waals surface area contributed by atoms with Crippen molar-refractivity contribution >= 4 is 23.3 Å². The summed E-state index contributed by atoms with van der Waals surface area (Å²) in [7, 11) is 0. The Kier molecular flexibility index (Phi) is 2.83. The minimum absolute atomic E-state index is 0.0146. The smallest absolute Gasteiger partial charge is 0.339 e. The number of ketones is 1. The quantitative estimate of drug-likeness (QED) is 0.871. The van der Waals surface area contributed by atoms with Crippen molar-refractivity contribution in [1.82, 2.24) is 0 Å². The highest BCUT2D eigenvalue weighted by Gasteiger charge is 2.37. The summed E-state index contributed by atoms with van der Waals surface area (Å²) in [4.78, 5) is 35.8. The Bertz CT molecular complexity index is 779. The summed E-state index contributed by atoms with van der Waals surface area (Å²) in [6.07, 6.45) is 1.17. The van der Waals surface area contributed by atoms with Crippen molar-refractivity contribution in [2.24, 2.45) is 0 Å². The topological polar surface area (TPSA) is 87.8 Å². The molecule has 3 rings (SSSR count). The molecule has 0 atom stereocenters. The molecule has 6 nitrogen and oxygen atoms in total. The number of Topliss-reactive ketones (excluding diaryl/α,β-unsaturated/α-hetero) is 1. The number of carbonyl (C=O) groups is 3. The number of amides is 1. The average Bonchev–Trinajstić information content (AvgIpc) is 2.99. The summed E-state index contributed by atoms with van der Waals surface area (Å²) in [5.74, 6) is -3.40. The molecular weight excluding hydrogens is 281 g/mol. The Labute approximate surface area is 117 Å². The van der Waals surface area contributed by atoms with Gasteiger partial charge in [0.25, 0.3) is 11.7 Å². The van der Waals surface area contributed by atoms with E-state index in [2.05, 4.69) is 0 Å². The number of furan rings is 1. The van der Waals surface area contributed by atoms with Crippen LogP contribution in [-0.2, 0) is 11.3 Å². The SMILES string of the molecule is O=C1C(=O)N(Cc2occc2C(=O)O)c2cc(F)ccc21. The Balaban J connectivity index is 2.02. The zero-order valence-electron chi connectivity index (χ0n) is 10.5. The van der Waals surface area contributed by atoms with E-state index < -0.39 is 23.5 Å². The maximum absolute atomic E-state index is 13.3. The first kappa shape index (κ1) is 13.0. The molecule has 21 heavy (non-hydrogen) atoms. The largest absolute Gasteiger partial charge is 0.478 e. The Morgan fingerprint density at radius 1 is 1.29 bits per heavy atom. The number of fused-ring (bicyclic) bond motifs is 1. The minimum Gasteiger partial charge on any atom is -0.478 e. The third-order valence-corrected chi connectivity index (χ3v) is 3.21. The molecule has 1 aliphatic rings. The molecule has 0 unspecified atom stereocenters. The summed E-state index contributed by atoms with van der Waals surface area (Å²) in [5.41, 5.74) is 0.0858. The second kappa shape index (κ2) is 4.55. The molecule has 0 aliphatic carbocycles. The fraction of sp³-hybridized carbons (Fsp3) is 0.0714. The van der Waals surface area contributed by atoms with Crippen LogP contribution in [0, 0.1) is 5.82 Å². The van der Waals surface area contributed by atoms with Crippen molar-refractivity contribution in [3.8, 4) is 0 Å². The first-order valence-electron chi connectivity index (χ1n) is 5.94. The molecule has 0 radical (unpaired) electrons. The third kappa shape index (κ3) is 1.99. The Hall–Kier alpha value is -2.96. The number of nitrogens with zero attached hydrogens (tertiary/aromatic N) is 1. The van der Waals surface area contributed by atoms with Crippen LogP contribution in [0.4, 0.5) is 10.1 Å². The molecule has 0 fully saturated rings. The van der Waals surface area contributed by atoms with E-state index in [-0.39, 0.29) is 29.1 Å². The van der Waals surface area contributed by atoms with Gasteiger partial charge in [-0.2, -0.15) is 0 Å². The van der Waals surface area contributed by atoms with E-state index in [9.17, 15) is 18.8 Å². The van der Waals surface area contributed by atoms with Gasteiger partial charge in [-0.25, -0.2) is 9.18 Å². The number of halogens is 1. The number of hydrogen-bond donors (Lipinski definition) is 1. The first-order valence-corrected chi connectivity index (χ1v) is 5.94. The molecule has 1 aromatic heterocycles. The van der Waals surface area contributed by atoms with Crippen LogP contribution in [0.25, 0.3) is 0 Å². The van der Waals surface area contributed by atoms with Gasteiger partial charge in [0, 0.05) is 0 Å². The van der Waals surface area contributed by atoms with Gasteiger partial charge in [-0.1, -0.05) is 0 Å². The molecule has 2 aromatic rings. The third-order valence-electron chi connectivity index (χ3n) is 3.21. The van der Waals surface area contributed by atoms with Crippen molar-refractivity contribution in [1.29, 1.82) is 0 Å². The number of carboxylic acid groups (broad SMARTS) is 1. The van der Waals surface area contributed by atoms with E-state index in [0.717, 1.165) is 17.0 Å². The molecule has 1 aromatic carbocycles. The average molecular weight is 289 g/mol. The zero-order chi connectivity index (χ0) is 15.1. The van der Waals surface area contributed by atoms with Gasteiger partial charge in [0.15, 0.2) is 0 Å². The molecule has 0 saturated heterocycles. The Morgan fingerprint density at radius 3 is 2.76 bits per heavy atom. The highest BCUT2D eigenvalue weighted by Crippen LogP contribution is 2.31. The maximum Gasteiger partial charge on any atom is 0.339 e. The molecule has 0 bridgehead atoms. The van der Waals surface area contributed by atoms with Crippen LogP contribution in [0.2, 0.25) is 0 Å².